The van der Waals surface area contributed by atoms with Gasteiger partial charge in [0.25, 0.3) is 11.8 Å². The fourth-order valence-corrected chi connectivity index (χ4v) is 2.02. The summed E-state index contributed by atoms with van der Waals surface area (Å²) in [7, 11) is 0. The van der Waals surface area contributed by atoms with Crippen molar-refractivity contribution in [1.29, 1.82) is 0 Å². The number of phenolic OH excluding ortho intramolecular Hbond substituents is 1. The molecular weight excluding hydrogens is 286 g/mol. The van der Waals surface area contributed by atoms with Gasteiger partial charge in [-0.2, -0.15) is 0 Å². The van der Waals surface area contributed by atoms with Crippen molar-refractivity contribution >= 4 is 29.4 Å². The number of carbonyl (C=O) groups is 3. The van der Waals surface area contributed by atoms with Gasteiger partial charge in [0.15, 0.2) is 0 Å². The molecule has 1 fully saturated rings. The molecule has 20 heavy (non-hydrogen) atoms. The predicted molar refractivity (Wildman–Crippen MR) is 68.5 cm³/mol. The lowest BCUT2D eigenvalue weighted by molar-refractivity contribution is -0.197. The number of amides is 2. The first kappa shape index (κ1) is 14.3. The standard InChI is InChI=1S/C13H12ClNO5/c1-7-4-11(17)15(13(7)19)20-12(18)6-8-2-3-10(16)9(14)5-8/h2-3,5,7,16H,4,6H2,1H3. The Balaban J connectivity index is 2.00. The molecular formula is C13H12ClNO5. The third-order valence-corrected chi connectivity index (χ3v) is 3.19. The summed E-state index contributed by atoms with van der Waals surface area (Å²) in [5.41, 5.74) is 0.505. The van der Waals surface area contributed by atoms with Crippen molar-refractivity contribution in [3.05, 3.63) is 28.8 Å². The van der Waals surface area contributed by atoms with Crippen LogP contribution in [0.1, 0.15) is 18.9 Å². The number of hydrogen-bond donors (Lipinski definition) is 1. The van der Waals surface area contributed by atoms with E-state index in [-0.39, 0.29) is 23.6 Å². The monoisotopic (exact) mass is 297 g/mol. The van der Waals surface area contributed by atoms with Crippen LogP contribution in [0.15, 0.2) is 18.2 Å². The van der Waals surface area contributed by atoms with Crippen LogP contribution in [0.2, 0.25) is 5.02 Å². The van der Waals surface area contributed by atoms with Crippen LogP contribution < -0.4 is 0 Å². The molecule has 0 spiro atoms. The van der Waals surface area contributed by atoms with Gasteiger partial charge in [-0.05, 0) is 17.7 Å². The van der Waals surface area contributed by atoms with E-state index in [4.69, 9.17) is 16.4 Å². The van der Waals surface area contributed by atoms with Crippen molar-refractivity contribution < 1.29 is 24.3 Å². The summed E-state index contributed by atoms with van der Waals surface area (Å²) in [6.07, 6.45) is -0.122. The summed E-state index contributed by atoms with van der Waals surface area (Å²) in [5, 5.41) is 9.88. The topological polar surface area (TPSA) is 83.9 Å². The Morgan fingerprint density at radius 1 is 1.50 bits per heavy atom. The quantitative estimate of drug-likeness (QED) is 0.854. The molecule has 1 N–H and O–H groups in total. The van der Waals surface area contributed by atoms with Crippen LogP contribution in [0.5, 0.6) is 5.75 Å². The van der Waals surface area contributed by atoms with E-state index in [9.17, 15) is 19.5 Å². The zero-order chi connectivity index (χ0) is 14.9. The zero-order valence-electron chi connectivity index (χ0n) is 10.6. The number of phenols is 1. The van der Waals surface area contributed by atoms with Crippen LogP contribution in [0.4, 0.5) is 0 Å². The minimum Gasteiger partial charge on any atom is -0.506 e. The maximum absolute atomic E-state index is 11.7. The highest BCUT2D eigenvalue weighted by Crippen LogP contribution is 2.24. The van der Waals surface area contributed by atoms with Crippen LogP contribution in [0, 0.1) is 5.92 Å². The molecule has 0 aliphatic carbocycles. The fourth-order valence-electron chi connectivity index (χ4n) is 1.81. The molecule has 1 unspecified atom stereocenters. The Hall–Kier alpha value is -2.08. The van der Waals surface area contributed by atoms with Gasteiger partial charge < -0.3 is 9.94 Å². The first-order valence-electron chi connectivity index (χ1n) is 5.93. The van der Waals surface area contributed by atoms with Crippen molar-refractivity contribution in [2.45, 2.75) is 19.8 Å². The van der Waals surface area contributed by atoms with Crippen LogP contribution in [-0.4, -0.2) is 28.0 Å². The molecule has 1 aliphatic rings. The molecule has 0 radical (unpaired) electrons. The van der Waals surface area contributed by atoms with Gasteiger partial charge in [0, 0.05) is 12.3 Å². The molecule has 2 amide bonds. The minimum atomic E-state index is -0.748. The molecule has 0 saturated carbocycles. The number of aromatic hydroxyl groups is 1. The molecule has 1 atom stereocenters. The molecule has 1 saturated heterocycles. The number of rotatable bonds is 3. The maximum atomic E-state index is 11.7. The van der Waals surface area contributed by atoms with Crippen LogP contribution in [0.25, 0.3) is 0 Å². The first-order chi connectivity index (χ1) is 9.38. The number of halogens is 1. The summed E-state index contributed by atoms with van der Waals surface area (Å²) in [6.45, 7) is 1.59. The van der Waals surface area contributed by atoms with E-state index in [1.165, 1.54) is 18.2 Å². The zero-order valence-corrected chi connectivity index (χ0v) is 11.4. The predicted octanol–water partition coefficient (Wildman–Crippen LogP) is 1.44. The highest BCUT2D eigenvalue weighted by Gasteiger charge is 2.38. The molecule has 106 valence electrons. The average molecular weight is 298 g/mol. The SMILES string of the molecule is CC1CC(=O)N(OC(=O)Cc2ccc(O)c(Cl)c2)C1=O. The Labute approximate surface area is 119 Å². The molecule has 1 heterocycles. The lowest BCUT2D eigenvalue weighted by atomic mass is 10.1. The van der Waals surface area contributed by atoms with Crippen molar-refractivity contribution in [3.8, 4) is 5.75 Å². The normalized spacial score (nSPS) is 18.5. The highest BCUT2D eigenvalue weighted by atomic mass is 35.5. The largest absolute Gasteiger partial charge is 0.506 e. The first-order valence-corrected chi connectivity index (χ1v) is 6.31. The van der Waals surface area contributed by atoms with E-state index >= 15 is 0 Å². The second kappa shape index (κ2) is 5.50. The third-order valence-electron chi connectivity index (χ3n) is 2.88. The summed E-state index contributed by atoms with van der Waals surface area (Å²) >= 11 is 5.71. The van der Waals surface area contributed by atoms with Gasteiger partial charge in [-0.25, -0.2) is 4.79 Å². The molecule has 6 nitrogen and oxygen atoms in total. The Morgan fingerprint density at radius 2 is 2.20 bits per heavy atom. The highest BCUT2D eigenvalue weighted by molar-refractivity contribution is 6.32. The Kier molecular flexibility index (Phi) is 3.94. The summed E-state index contributed by atoms with van der Waals surface area (Å²) in [4.78, 5) is 39.5. The number of hydroxylamine groups is 2. The van der Waals surface area contributed by atoms with Gasteiger partial charge >= 0.3 is 5.97 Å². The number of benzene rings is 1. The second-order valence-corrected chi connectivity index (χ2v) is 4.96. The summed E-state index contributed by atoms with van der Waals surface area (Å²) in [6, 6.07) is 4.26. The second-order valence-electron chi connectivity index (χ2n) is 4.56. The van der Waals surface area contributed by atoms with Crippen molar-refractivity contribution in [2.24, 2.45) is 5.92 Å². The van der Waals surface area contributed by atoms with E-state index < -0.39 is 23.7 Å². The van der Waals surface area contributed by atoms with Gasteiger partial charge in [-0.1, -0.05) is 24.6 Å². The molecule has 7 heteroatoms. The average Bonchev–Trinajstić information content (AvgIpc) is 2.61. The summed E-state index contributed by atoms with van der Waals surface area (Å²) < 4.78 is 0. The molecule has 2 rings (SSSR count). The van der Waals surface area contributed by atoms with E-state index in [0.29, 0.717) is 10.6 Å². The molecule has 1 aromatic rings. The van der Waals surface area contributed by atoms with E-state index in [0.717, 1.165) is 0 Å². The Morgan fingerprint density at radius 3 is 2.75 bits per heavy atom. The van der Waals surface area contributed by atoms with Crippen molar-refractivity contribution in [1.82, 2.24) is 5.06 Å². The fraction of sp³-hybridized carbons (Fsp3) is 0.308. The number of imide groups is 1. The third kappa shape index (κ3) is 2.91. The van der Waals surface area contributed by atoms with Crippen molar-refractivity contribution in [3.63, 3.8) is 0 Å². The van der Waals surface area contributed by atoms with Crippen molar-refractivity contribution in [2.75, 3.05) is 0 Å². The van der Waals surface area contributed by atoms with Crippen LogP contribution in [-0.2, 0) is 25.6 Å². The van der Waals surface area contributed by atoms with E-state index in [1.54, 1.807) is 6.92 Å². The smallest absolute Gasteiger partial charge is 0.337 e. The molecule has 1 aromatic carbocycles. The number of hydrogen-bond acceptors (Lipinski definition) is 5. The lowest BCUT2D eigenvalue weighted by Crippen LogP contribution is -2.33. The summed E-state index contributed by atoms with van der Waals surface area (Å²) in [5.74, 6) is -2.37. The molecule has 0 bridgehead atoms. The van der Waals surface area contributed by atoms with Gasteiger partial charge in [0.2, 0.25) is 0 Å². The van der Waals surface area contributed by atoms with Crippen LogP contribution >= 0.6 is 11.6 Å². The molecule has 1 aliphatic heterocycles. The maximum Gasteiger partial charge on any atom is 0.337 e. The van der Waals surface area contributed by atoms with E-state index in [1.807, 2.05) is 0 Å². The van der Waals surface area contributed by atoms with Gasteiger partial charge in [0.1, 0.15) is 5.75 Å². The van der Waals surface area contributed by atoms with Gasteiger partial charge in [0.05, 0.1) is 11.4 Å². The molecule has 0 aromatic heterocycles. The number of carbonyl (C=O) groups excluding carboxylic acids is 3. The minimum absolute atomic E-state index is 0.0388. The lowest BCUT2D eigenvalue weighted by Gasteiger charge is -2.13. The Bertz CT molecular complexity index is 586. The van der Waals surface area contributed by atoms with Crippen LogP contribution in [0.3, 0.4) is 0 Å². The number of nitrogens with zero attached hydrogens (tertiary/aromatic N) is 1. The van der Waals surface area contributed by atoms with Gasteiger partial charge in [-0.3, -0.25) is 9.59 Å². The van der Waals surface area contributed by atoms with Gasteiger partial charge in [-0.15, -0.1) is 5.06 Å². The van der Waals surface area contributed by atoms with E-state index in [2.05, 4.69) is 0 Å².